The van der Waals surface area contributed by atoms with Gasteiger partial charge in [-0.3, -0.25) is 14.6 Å². The molecular formula is C26H34N4O3+2. The molecule has 7 nitrogen and oxygen atoms in total. The molecule has 4 N–H and O–H groups in total. The monoisotopic (exact) mass is 450 g/mol. The number of phenols is 1. The average molecular weight is 451 g/mol. The predicted molar refractivity (Wildman–Crippen MR) is 125 cm³/mol. The van der Waals surface area contributed by atoms with E-state index in [-0.39, 0.29) is 18.3 Å². The highest BCUT2D eigenvalue weighted by Gasteiger charge is 2.20. The number of nitrogens with one attached hydrogen (secondary N) is 2. The molecule has 33 heavy (non-hydrogen) atoms. The highest BCUT2D eigenvalue weighted by atomic mass is 16.4. The standard InChI is InChI=1S/C26H32N4O3/c1-19(2)30(17-24-9-5-7-11-28-24)15-22-13-20(3)12-21(26(22)33)14-29(18-25(31)32)16-23-8-4-6-10-27-23/h4-13,19,33H,14-18H2,1-3H3,(H,31,32)/p+2. The van der Waals surface area contributed by atoms with Crippen molar-refractivity contribution in [3.8, 4) is 5.75 Å². The number of nitrogens with zero attached hydrogens (tertiary/aromatic N) is 2. The van der Waals surface area contributed by atoms with Crippen molar-refractivity contribution in [3.63, 3.8) is 0 Å². The molecule has 0 bridgehead atoms. The molecule has 0 radical (unpaired) electrons. The first-order valence-electron chi connectivity index (χ1n) is 11.2. The fraction of sp³-hybridized carbons (Fsp3) is 0.346. The minimum absolute atomic E-state index is 0.118. The summed E-state index contributed by atoms with van der Waals surface area (Å²) in [4.78, 5) is 22.0. The topological polar surface area (TPSA) is 92.3 Å². The molecule has 0 aliphatic carbocycles. The van der Waals surface area contributed by atoms with E-state index in [1.54, 1.807) is 0 Å². The smallest absolute Gasteiger partial charge is 0.317 e. The van der Waals surface area contributed by atoms with E-state index in [9.17, 15) is 15.0 Å². The quantitative estimate of drug-likeness (QED) is 0.469. The number of carboxylic acid groups (broad SMARTS) is 1. The Morgan fingerprint density at radius 3 is 2.00 bits per heavy atom. The van der Waals surface area contributed by atoms with Gasteiger partial charge in [-0.05, 0) is 20.8 Å². The van der Waals surface area contributed by atoms with E-state index in [0.717, 1.165) is 34.6 Å². The summed E-state index contributed by atoms with van der Waals surface area (Å²) in [5.41, 5.74) is 4.63. The Morgan fingerprint density at radius 2 is 1.48 bits per heavy atom. The first kappa shape index (κ1) is 24.4. The summed E-state index contributed by atoms with van der Waals surface area (Å²) < 4.78 is 0. The van der Waals surface area contributed by atoms with Crippen molar-refractivity contribution in [2.45, 2.75) is 53.0 Å². The SMILES string of the molecule is Cc1cc(CN(CC(=O)O)Cc2cccc[nH+]2)c(O)c(CN(Cc2cccc[nH+]2)C(C)C)c1. The van der Waals surface area contributed by atoms with Gasteiger partial charge < -0.3 is 10.2 Å². The van der Waals surface area contributed by atoms with Crippen molar-refractivity contribution in [2.75, 3.05) is 6.54 Å². The molecule has 2 heterocycles. The Hall–Kier alpha value is -3.29. The highest BCUT2D eigenvalue weighted by molar-refractivity contribution is 5.69. The van der Waals surface area contributed by atoms with Crippen LogP contribution in [0.3, 0.4) is 0 Å². The number of hydrogen-bond acceptors (Lipinski definition) is 4. The summed E-state index contributed by atoms with van der Waals surface area (Å²) in [6.45, 7) is 8.27. The van der Waals surface area contributed by atoms with Gasteiger partial charge in [0.25, 0.3) is 0 Å². The van der Waals surface area contributed by atoms with E-state index in [4.69, 9.17) is 0 Å². The Bertz CT molecular complexity index is 1040. The molecule has 0 amide bonds. The number of H-pyrrole nitrogens is 2. The number of aromatic amines is 2. The summed E-state index contributed by atoms with van der Waals surface area (Å²) in [6.07, 6.45) is 3.73. The minimum atomic E-state index is -0.900. The van der Waals surface area contributed by atoms with Crippen molar-refractivity contribution in [1.29, 1.82) is 0 Å². The largest absolute Gasteiger partial charge is 0.507 e. The van der Waals surface area contributed by atoms with Gasteiger partial charge in [-0.1, -0.05) is 29.8 Å². The zero-order valence-corrected chi connectivity index (χ0v) is 19.6. The van der Waals surface area contributed by atoms with Crippen LogP contribution in [-0.4, -0.2) is 38.6 Å². The highest BCUT2D eigenvalue weighted by Crippen LogP contribution is 2.28. The van der Waals surface area contributed by atoms with Gasteiger partial charge >= 0.3 is 5.97 Å². The molecule has 7 heteroatoms. The van der Waals surface area contributed by atoms with Crippen molar-refractivity contribution in [3.05, 3.63) is 89.0 Å². The van der Waals surface area contributed by atoms with E-state index >= 15 is 0 Å². The van der Waals surface area contributed by atoms with Crippen molar-refractivity contribution in [1.82, 2.24) is 9.80 Å². The molecule has 3 rings (SSSR count). The summed E-state index contributed by atoms with van der Waals surface area (Å²) in [6, 6.07) is 16.0. The van der Waals surface area contributed by atoms with Crippen LogP contribution in [0.25, 0.3) is 0 Å². The van der Waals surface area contributed by atoms with Crippen LogP contribution in [0, 0.1) is 6.92 Å². The van der Waals surface area contributed by atoms with E-state index in [1.165, 1.54) is 0 Å². The number of aromatic hydroxyl groups is 1. The molecule has 0 unspecified atom stereocenters. The summed E-state index contributed by atoms with van der Waals surface area (Å²) in [5, 5.41) is 20.6. The molecule has 0 atom stereocenters. The molecule has 174 valence electrons. The lowest BCUT2D eigenvalue weighted by Crippen LogP contribution is -2.33. The van der Waals surface area contributed by atoms with Crippen molar-refractivity contribution < 1.29 is 25.0 Å². The molecule has 0 aliphatic heterocycles. The fourth-order valence-corrected chi connectivity index (χ4v) is 3.93. The number of aliphatic carboxylic acids is 1. The number of phenolic OH excluding ortho intramolecular Hbond substituents is 1. The zero-order valence-electron chi connectivity index (χ0n) is 19.6. The minimum Gasteiger partial charge on any atom is -0.507 e. The van der Waals surface area contributed by atoms with Crippen LogP contribution in [0.1, 0.15) is 41.9 Å². The maximum atomic E-state index is 11.5. The Labute approximate surface area is 195 Å². The molecule has 0 saturated carbocycles. The lowest BCUT2D eigenvalue weighted by Gasteiger charge is -2.26. The molecule has 1 aromatic carbocycles. The second kappa shape index (κ2) is 11.5. The van der Waals surface area contributed by atoms with Crippen LogP contribution in [0.4, 0.5) is 0 Å². The molecule has 3 aromatic rings. The van der Waals surface area contributed by atoms with Gasteiger partial charge in [0.05, 0.1) is 19.6 Å². The van der Waals surface area contributed by atoms with E-state index in [1.807, 2.05) is 66.7 Å². The third-order valence-corrected chi connectivity index (χ3v) is 5.58. The van der Waals surface area contributed by atoms with Gasteiger partial charge in [-0.15, -0.1) is 0 Å². The first-order valence-corrected chi connectivity index (χ1v) is 11.2. The Balaban J connectivity index is 1.82. The normalized spacial score (nSPS) is 11.5. The molecule has 0 fully saturated rings. The van der Waals surface area contributed by atoms with E-state index in [2.05, 4.69) is 34.8 Å². The number of benzene rings is 1. The van der Waals surface area contributed by atoms with Gasteiger partial charge in [-0.2, -0.15) is 0 Å². The third kappa shape index (κ3) is 7.37. The Morgan fingerprint density at radius 1 is 0.909 bits per heavy atom. The third-order valence-electron chi connectivity index (χ3n) is 5.58. The van der Waals surface area contributed by atoms with Crippen LogP contribution in [-0.2, 0) is 31.0 Å². The van der Waals surface area contributed by atoms with Gasteiger partial charge in [-0.25, -0.2) is 9.97 Å². The van der Waals surface area contributed by atoms with Crippen LogP contribution in [0.5, 0.6) is 5.75 Å². The van der Waals surface area contributed by atoms with Gasteiger partial charge in [0.2, 0.25) is 0 Å². The summed E-state index contributed by atoms with van der Waals surface area (Å²) in [5.74, 6) is -0.667. The van der Waals surface area contributed by atoms with E-state index in [0.29, 0.717) is 19.6 Å². The summed E-state index contributed by atoms with van der Waals surface area (Å²) >= 11 is 0. The summed E-state index contributed by atoms with van der Waals surface area (Å²) in [7, 11) is 0. The molecule has 2 aromatic heterocycles. The lowest BCUT2D eigenvalue weighted by molar-refractivity contribution is -0.393. The van der Waals surface area contributed by atoms with Gasteiger partial charge in [0, 0.05) is 54.5 Å². The van der Waals surface area contributed by atoms with Crippen LogP contribution in [0.15, 0.2) is 60.9 Å². The van der Waals surface area contributed by atoms with Crippen LogP contribution < -0.4 is 9.97 Å². The van der Waals surface area contributed by atoms with Crippen molar-refractivity contribution >= 4 is 5.97 Å². The molecule has 0 spiro atoms. The predicted octanol–water partition coefficient (Wildman–Crippen LogP) is 2.83. The van der Waals surface area contributed by atoms with Gasteiger partial charge in [0.15, 0.2) is 23.8 Å². The first-order chi connectivity index (χ1) is 15.8. The van der Waals surface area contributed by atoms with Crippen LogP contribution >= 0.6 is 0 Å². The molecule has 0 aliphatic rings. The van der Waals surface area contributed by atoms with Gasteiger partial charge in [0.1, 0.15) is 5.75 Å². The van der Waals surface area contributed by atoms with Crippen LogP contribution in [0.2, 0.25) is 0 Å². The lowest BCUT2D eigenvalue weighted by atomic mass is 10.0. The number of rotatable bonds is 11. The zero-order chi connectivity index (χ0) is 23.8. The number of aryl methyl sites for hydroxylation is 1. The number of carboxylic acids is 1. The maximum absolute atomic E-state index is 11.5. The second-order valence-electron chi connectivity index (χ2n) is 8.75. The number of pyridine rings is 2. The average Bonchev–Trinajstić information content (AvgIpc) is 2.77. The fourth-order valence-electron chi connectivity index (χ4n) is 3.93. The van der Waals surface area contributed by atoms with E-state index < -0.39 is 5.97 Å². The maximum Gasteiger partial charge on any atom is 0.317 e. The van der Waals surface area contributed by atoms with Crippen molar-refractivity contribution in [2.24, 2.45) is 0 Å². The molecular weight excluding hydrogens is 416 g/mol. The Kier molecular flexibility index (Phi) is 8.52. The second-order valence-corrected chi connectivity index (χ2v) is 8.75. The number of carbonyl (C=O) groups is 1. The molecule has 0 saturated heterocycles. The number of hydrogen-bond donors (Lipinski definition) is 2. The number of aromatic nitrogens is 2.